The number of aromatic nitrogens is 2. The lowest BCUT2D eigenvalue weighted by Crippen LogP contribution is -2.14. The SMILES string of the molecule is CN(c1cnc(C(=O)O)cn1)c1ccccc1F. The highest BCUT2D eigenvalue weighted by Gasteiger charge is 2.11. The predicted molar refractivity (Wildman–Crippen MR) is 63.5 cm³/mol. The molecule has 0 atom stereocenters. The highest BCUT2D eigenvalue weighted by molar-refractivity contribution is 5.85. The molecule has 0 fully saturated rings. The Morgan fingerprint density at radius 3 is 2.56 bits per heavy atom. The number of aromatic carboxylic acids is 1. The van der Waals surface area contributed by atoms with Gasteiger partial charge in [0.25, 0.3) is 0 Å². The topological polar surface area (TPSA) is 66.3 Å². The molecule has 1 aromatic heterocycles. The number of hydrogen-bond donors (Lipinski definition) is 1. The molecular formula is C12H10FN3O2. The molecule has 0 aliphatic heterocycles. The molecule has 0 saturated heterocycles. The summed E-state index contributed by atoms with van der Waals surface area (Å²) < 4.78 is 13.5. The van der Waals surface area contributed by atoms with Gasteiger partial charge in [-0.2, -0.15) is 0 Å². The number of anilines is 2. The molecule has 0 aliphatic carbocycles. The lowest BCUT2D eigenvalue weighted by Gasteiger charge is -2.18. The van der Waals surface area contributed by atoms with E-state index in [-0.39, 0.29) is 11.5 Å². The highest BCUT2D eigenvalue weighted by Crippen LogP contribution is 2.23. The van der Waals surface area contributed by atoms with Crippen molar-refractivity contribution < 1.29 is 14.3 Å². The number of halogens is 1. The van der Waals surface area contributed by atoms with Crippen molar-refractivity contribution in [1.29, 1.82) is 0 Å². The van der Waals surface area contributed by atoms with Crippen molar-refractivity contribution in [1.82, 2.24) is 9.97 Å². The Balaban J connectivity index is 2.32. The van der Waals surface area contributed by atoms with Gasteiger partial charge in [0.05, 0.1) is 18.1 Å². The van der Waals surface area contributed by atoms with Crippen molar-refractivity contribution in [3.05, 3.63) is 48.2 Å². The second-order valence-corrected chi connectivity index (χ2v) is 3.58. The van der Waals surface area contributed by atoms with Crippen molar-refractivity contribution in [2.45, 2.75) is 0 Å². The Morgan fingerprint density at radius 2 is 2.00 bits per heavy atom. The van der Waals surface area contributed by atoms with Crippen LogP contribution in [-0.2, 0) is 0 Å². The Morgan fingerprint density at radius 1 is 1.28 bits per heavy atom. The van der Waals surface area contributed by atoms with Gasteiger partial charge in [0.1, 0.15) is 5.82 Å². The van der Waals surface area contributed by atoms with Gasteiger partial charge in [0.15, 0.2) is 11.5 Å². The van der Waals surface area contributed by atoms with E-state index in [2.05, 4.69) is 9.97 Å². The summed E-state index contributed by atoms with van der Waals surface area (Å²) in [5.41, 5.74) is 0.190. The molecule has 1 aromatic carbocycles. The first kappa shape index (κ1) is 12.0. The molecule has 92 valence electrons. The van der Waals surface area contributed by atoms with Gasteiger partial charge in [0.2, 0.25) is 0 Å². The van der Waals surface area contributed by atoms with Crippen LogP contribution in [0.3, 0.4) is 0 Å². The molecule has 6 heteroatoms. The molecule has 0 radical (unpaired) electrons. The number of carboxylic acids is 1. The standard InChI is InChI=1S/C12H10FN3O2/c1-16(10-5-3-2-4-8(10)13)11-7-14-9(6-15-11)12(17)18/h2-7H,1H3,(H,17,18). The Bertz CT molecular complexity index is 572. The van der Waals surface area contributed by atoms with E-state index in [1.54, 1.807) is 25.2 Å². The van der Waals surface area contributed by atoms with Crippen molar-refractivity contribution >= 4 is 17.5 Å². The van der Waals surface area contributed by atoms with E-state index in [1.807, 2.05) is 0 Å². The summed E-state index contributed by atoms with van der Waals surface area (Å²) in [5, 5.41) is 8.70. The summed E-state index contributed by atoms with van der Waals surface area (Å²) in [6.07, 6.45) is 2.42. The van der Waals surface area contributed by atoms with Crippen LogP contribution < -0.4 is 4.90 Å². The summed E-state index contributed by atoms with van der Waals surface area (Å²) in [7, 11) is 1.63. The second kappa shape index (κ2) is 4.79. The molecule has 0 unspecified atom stereocenters. The van der Waals surface area contributed by atoms with Crippen LogP contribution in [0, 0.1) is 5.82 Å². The first-order chi connectivity index (χ1) is 8.59. The van der Waals surface area contributed by atoms with Gasteiger partial charge in [-0.3, -0.25) is 0 Å². The van der Waals surface area contributed by atoms with Crippen LogP contribution in [0.5, 0.6) is 0 Å². The van der Waals surface area contributed by atoms with Gasteiger partial charge in [0, 0.05) is 7.05 Å². The number of carboxylic acid groups (broad SMARTS) is 1. The van der Waals surface area contributed by atoms with Gasteiger partial charge in [-0.15, -0.1) is 0 Å². The van der Waals surface area contributed by atoms with Crippen molar-refractivity contribution in [2.24, 2.45) is 0 Å². The van der Waals surface area contributed by atoms with Crippen molar-refractivity contribution in [3.63, 3.8) is 0 Å². The number of rotatable bonds is 3. The molecule has 0 amide bonds. The Hall–Kier alpha value is -2.50. The average Bonchev–Trinajstić information content (AvgIpc) is 2.38. The number of benzene rings is 1. The monoisotopic (exact) mass is 247 g/mol. The van der Waals surface area contributed by atoms with Crippen LogP contribution in [0.25, 0.3) is 0 Å². The summed E-state index contributed by atoms with van der Waals surface area (Å²) in [6, 6.07) is 6.23. The Labute approximate surface area is 103 Å². The average molecular weight is 247 g/mol. The number of carbonyl (C=O) groups is 1. The van der Waals surface area contributed by atoms with E-state index < -0.39 is 5.97 Å². The number of para-hydroxylation sites is 1. The quantitative estimate of drug-likeness (QED) is 0.899. The first-order valence-electron chi connectivity index (χ1n) is 5.13. The van der Waals surface area contributed by atoms with Crippen LogP contribution in [0.2, 0.25) is 0 Å². The van der Waals surface area contributed by atoms with Crippen molar-refractivity contribution in [3.8, 4) is 0 Å². The molecule has 2 aromatic rings. The molecule has 0 bridgehead atoms. The summed E-state index contributed by atoms with van der Waals surface area (Å²) in [5.74, 6) is -1.17. The Kier molecular flexibility index (Phi) is 3.18. The largest absolute Gasteiger partial charge is 0.476 e. The van der Waals surface area contributed by atoms with Crippen LogP contribution in [-0.4, -0.2) is 28.1 Å². The molecule has 0 aliphatic rings. The zero-order chi connectivity index (χ0) is 13.1. The summed E-state index contributed by atoms with van der Waals surface area (Å²) in [6.45, 7) is 0. The molecule has 1 N–H and O–H groups in total. The summed E-state index contributed by atoms with van der Waals surface area (Å²) >= 11 is 0. The van der Waals surface area contributed by atoms with Gasteiger partial charge < -0.3 is 10.0 Å². The fourth-order valence-corrected chi connectivity index (χ4v) is 1.45. The molecule has 0 spiro atoms. The van der Waals surface area contributed by atoms with Gasteiger partial charge in [-0.1, -0.05) is 12.1 Å². The van der Waals surface area contributed by atoms with Crippen molar-refractivity contribution in [2.75, 3.05) is 11.9 Å². The third-order valence-corrected chi connectivity index (χ3v) is 2.41. The number of nitrogens with zero attached hydrogens (tertiary/aromatic N) is 3. The molecule has 0 saturated carbocycles. The minimum absolute atomic E-state index is 0.152. The fraction of sp³-hybridized carbons (Fsp3) is 0.0833. The first-order valence-corrected chi connectivity index (χ1v) is 5.13. The fourth-order valence-electron chi connectivity index (χ4n) is 1.45. The molecule has 5 nitrogen and oxygen atoms in total. The highest BCUT2D eigenvalue weighted by atomic mass is 19.1. The molecule has 18 heavy (non-hydrogen) atoms. The van der Waals surface area contributed by atoms with E-state index in [4.69, 9.17) is 5.11 Å². The van der Waals surface area contributed by atoms with Gasteiger partial charge >= 0.3 is 5.97 Å². The second-order valence-electron chi connectivity index (χ2n) is 3.58. The lowest BCUT2D eigenvalue weighted by atomic mass is 10.3. The maximum Gasteiger partial charge on any atom is 0.356 e. The smallest absolute Gasteiger partial charge is 0.356 e. The minimum atomic E-state index is -1.15. The van der Waals surface area contributed by atoms with Crippen LogP contribution in [0.4, 0.5) is 15.9 Å². The van der Waals surface area contributed by atoms with Crippen LogP contribution in [0.15, 0.2) is 36.7 Å². The normalized spacial score (nSPS) is 10.1. The van der Waals surface area contributed by atoms with E-state index in [1.165, 1.54) is 17.2 Å². The van der Waals surface area contributed by atoms with E-state index in [0.29, 0.717) is 11.5 Å². The van der Waals surface area contributed by atoms with E-state index in [9.17, 15) is 9.18 Å². The van der Waals surface area contributed by atoms with Crippen LogP contribution >= 0.6 is 0 Å². The maximum absolute atomic E-state index is 13.5. The number of hydrogen-bond acceptors (Lipinski definition) is 4. The molecule has 1 heterocycles. The lowest BCUT2D eigenvalue weighted by molar-refractivity contribution is 0.0690. The van der Waals surface area contributed by atoms with Crippen LogP contribution in [0.1, 0.15) is 10.5 Å². The maximum atomic E-state index is 13.5. The zero-order valence-electron chi connectivity index (χ0n) is 9.54. The molecular weight excluding hydrogens is 237 g/mol. The third kappa shape index (κ3) is 2.27. The molecule has 2 rings (SSSR count). The summed E-state index contributed by atoms with van der Waals surface area (Å²) in [4.78, 5) is 19.8. The third-order valence-electron chi connectivity index (χ3n) is 2.41. The minimum Gasteiger partial charge on any atom is -0.476 e. The van der Waals surface area contributed by atoms with Gasteiger partial charge in [-0.25, -0.2) is 19.2 Å². The zero-order valence-corrected chi connectivity index (χ0v) is 9.54. The van der Waals surface area contributed by atoms with E-state index >= 15 is 0 Å². The predicted octanol–water partition coefficient (Wildman–Crippen LogP) is 2.08. The van der Waals surface area contributed by atoms with Gasteiger partial charge in [-0.05, 0) is 12.1 Å². The van der Waals surface area contributed by atoms with E-state index in [0.717, 1.165) is 6.20 Å².